The summed E-state index contributed by atoms with van der Waals surface area (Å²) in [6.45, 7) is 4.29. The first kappa shape index (κ1) is 11.0. The van der Waals surface area contributed by atoms with Crippen LogP contribution in [0.15, 0.2) is 18.2 Å². The van der Waals surface area contributed by atoms with Gasteiger partial charge >= 0.3 is 0 Å². The van der Waals surface area contributed by atoms with Crippen LogP contribution >= 0.6 is 0 Å². The van der Waals surface area contributed by atoms with Crippen LogP contribution in [0.3, 0.4) is 0 Å². The van der Waals surface area contributed by atoms with Crippen molar-refractivity contribution in [3.8, 4) is 0 Å². The van der Waals surface area contributed by atoms with Crippen molar-refractivity contribution in [3.63, 3.8) is 0 Å². The molecule has 0 aliphatic heterocycles. The van der Waals surface area contributed by atoms with E-state index in [0.717, 1.165) is 0 Å². The van der Waals surface area contributed by atoms with Crippen LogP contribution in [0.25, 0.3) is 0 Å². The minimum Gasteiger partial charge on any atom is -0.389 e. The number of benzene rings is 1. The molecule has 0 amide bonds. The third-order valence-electron chi connectivity index (χ3n) is 2.32. The Labute approximate surface area is 84.0 Å². The van der Waals surface area contributed by atoms with Crippen molar-refractivity contribution in [2.24, 2.45) is 0 Å². The molecule has 1 atom stereocenters. The third-order valence-corrected chi connectivity index (χ3v) is 2.32. The predicted octanol–water partition coefficient (Wildman–Crippen LogP) is 2.34. The lowest BCUT2D eigenvalue weighted by Crippen LogP contribution is -2.19. The molecule has 0 radical (unpaired) electrons. The highest BCUT2D eigenvalue weighted by atomic mass is 19.1. The Balaban J connectivity index is 3.22. The maximum Gasteiger partial charge on any atom is 0.146 e. The van der Waals surface area contributed by atoms with Gasteiger partial charge in [-0.25, -0.2) is 4.39 Å². The van der Waals surface area contributed by atoms with Gasteiger partial charge in [0.2, 0.25) is 0 Å². The lowest BCUT2D eigenvalue weighted by atomic mass is 10.1. The van der Waals surface area contributed by atoms with E-state index in [0.29, 0.717) is 17.8 Å². The number of rotatable bonds is 3. The Morgan fingerprint density at radius 2 is 2.14 bits per heavy atom. The van der Waals surface area contributed by atoms with Crippen LogP contribution in [0, 0.1) is 5.82 Å². The number of aliphatic hydroxyl groups is 1. The van der Waals surface area contributed by atoms with Crippen molar-refractivity contribution >= 4 is 5.69 Å². The number of hydrogen-bond acceptors (Lipinski definition) is 2. The van der Waals surface area contributed by atoms with Gasteiger partial charge in [0.05, 0.1) is 11.8 Å². The molecule has 0 aliphatic rings. The normalized spacial score (nSPS) is 12.6. The van der Waals surface area contributed by atoms with E-state index in [2.05, 4.69) is 0 Å². The van der Waals surface area contributed by atoms with Crippen LogP contribution in [-0.2, 0) is 0 Å². The Morgan fingerprint density at radius 1 is 1.50 bits per heavy atom. The second-order valence-corrected chi connectivity index (χ2v) is 3.37. The average molecular weight is 197 g/mol. The Hall–Kier alpha value is -1.09. The average Bonchev–Trinajstić information content (AvgIpc) is 2.16. The van der Waals surface area contributed by atoms with Gasteiger partial charge in [0, 0.05) is 19.2 Å². The number of nitrogens with zero attached hydrogens (tertiary/aromatic N) is 1. The molecule has 3 heteroatoms. The first-order valence-corrected chi connectivity index (χ1v) is 4.75. The van der Waals surface area contributed by atoms with E-state index in [1.54, 1.807) is 24.0 Å². The molecule has 1 N–H and O–H groups in total. The summed E-state index contributed by atoms with van der Waals surface area (Å²) in [7, 11) is 1.81. The topological polar surface area (TPSA) is 23.5 Å². The van der Waals surface area contributed by atoms with Crippen molar-refractivity contribution < 1.29 is 9.50 Å². The van der Waals surface area contributed by atoms with Gasteiger partial charge < -0.3 is 10.0 Å². The van der Waals surface area contributed by atoms with E-state index in [4.69, 9.17) is 0 Å². The monoisotopic (exact) mass is 197 g/mol. The van der Waals surface area contributed by atoms with Crippen LogP contribution < -0.4 is 4.90 Å². The highest BCUT2D eigenvalue weighted by Gasteiger charge is 2.14. The molecule has 78 valence electrons. The van der Waals surface area contributed by atoms with Crippen molar-refractivity contribution in [1.82, 2.24) is 0 Å². The summed E-state index contributed by atoms with van der Waals surface area (Å²) in [6.07, 6.45) is -0.644. The summed E-state index contributed by atoms with van der Waals surface area (Å²) in [6, 6.07) is 4.77. The van der Waals surface area contributed by atoms with Crippen LogP contribution in [0.2, 0.25) is 0 Å². The first-order valence-electron chi connectivity index (χ1n) is 4.75. The van der Waals surface area contributed by atoms with Gasteiger partial charge in [-0.1, -0.05) is 12.1 Å². The van der Waals surface area contributed by atoms with Crippen molar-refractivity contribution in [1.29, 1.82) is 0 Å². The standard InChI is InChI=1S/C11H16FNO/c1-4-13(3)11-9(8(2)14)6-5-7-10(11)12/h5-8,14H,4H2,1-3H3/t8-/m0/s1. The zero-order chi connectivity index (χ0) is 10.7. The fourth-order valence-electron chi connectivity index (χ4n) is 1.43. The van der Waals surface area contributed by atoms with Crippen LogP contribution in [0.5, 0.6) is 0 Å². The molecule has 0 aromatic heterocycles. The molecule has 0 spiro atoms. The van der Waals surface area contributed by atoms with Gasteiger partial charge in [0.1, 0.15) is 5.82 Å². The van der Waals surface area contributed by atoms with Gasteiger partial charge in [-0.2, -0.15) is 0 Å². The van der Waals surface area contributed by atoms with E-state index in [1.165, 1.54) is 6.07 Å². The van der Waals surface area contributed by atoms with Gasteiger partial charge in [-0.05, 0) is 19.9 Å². The van der Waals surface area contributed by atoms with Crippen LogP contribution in [0.1, 0.15) is 25.5 Å². The summed E-state index contributed by atoms with van der Waals surface area (Å²) in [5.74, 6) is -0.284. The molecule has 0 unspecified atom stereocenters. The fourth-order valence-corrected chi connectivity index (χ4v) is 1.43. The first-order chi connectivity index (χ1) is 6.57. The molecule has 1 rings (SSSR count). The van der Waals surface area contributed by atoms with E-state index < -0.39 is 6.10 Å². The van der Waals surface area contributed by atoms with Crippen molar-refractivity contribution in [2.75, 3.05) is 18.5 Å². The summed E-state index contributed by atoms with van der Waals surface area (Å²) in [4.78, 5) is 1.79. The zero-order valence-corrected chi connectivity index (χ0v) is 8.79. The maximum absolute atomic E-state index is 13.5. The number of anilines is 1. The molecule has 2 nitrogen and oxygen atoms in total. The Kier molecular flexibility index (Phi) is 3.47. The van der Waals surface area contributed by atoms with Crippen LogP contribution in [0.4, 0.5) is 10.1 Å². The van der Waals surface area contributed by atoms with E-state index in [9.17, 15) is 9.50 Å². The summed E-state index contributed by atoms with van der Waals surface area (Å²) in [5, 5.41) is 9.48. The van der Waals surface area contributed by atoms with Crippen LogP contribution in [-0.4, -0.2) is 18.7 Å². The molecule has 1 aromatic rings. The summed E-state index contributed by atoms with van der Waals surface area (Å²) in [5.41, 5.74) is 1.12. The maximum atomic E-state index is 13.5. The minimum atomic E-state index is -0.644. The van der Waals surface area contributed by atoms with Gasteiger partial charge in [-0.3, -0.25) is 0 Å². The highest BCUT2D eigenvalue weighted by molar-refractivity contribution is 5.55. The van der Waals surface area contributed by atoms with Crippen molar-refractivity contribution in [2.45, 2.75) is 20.0 Å². The lowest BCUT2D eigenvalue weighted by molar-refractivity contribution is 0.199. The SMILES string of the molecule is CCN(C)c1c(F)cccc1[C@H](C)O. The number of para-hydroxylation sites is 1. The third kappa shape index (κ3) is 2.04. The van der Waals surface area contributed by atoms with Gasteiger partial charge in [0.25, 0.3) is 0 Å². The molecule has 0 heterocycles. The molecular formula is C11H16FNO. The van der Waals surface area contributed by atoms with E-state index in [-0.39, 0.29) is 5.82 Å². The van der Waals surface area contributed by atoms with E-state index in [1.807, 2.05) is 14.0 Å². The minimum absolute atomic E-state index is 0.284. The Bertz CT molecular complexity index is 312. The quantitative estimate of drug-likeness (QED) is 0.804. The smallest absolute Gasteiger partial charge is 0.146 e. The second kappa shape index (κ2) is 4.42. The van der Waals surface area contributed by atoms with Gasteiger partial charge in [-0.15, -0.1) is 0 Å². The van der Waals surface area contributed by atoms with Gasteiger partial charge in [0.15, 0.2) is 0 Å². The Morgan fingerprint density at radius 3 is 2.64 bits per heavy atom. The summed E-state index contributed by atoms with van der Waals surface area (Å²) < 4.78 is 13.5. The molecule has 0 bridgehead atoms. The molecule has 14 heavy (non-hydrogen) atoms. The molecule has 0 aliphatic carbocycles. The number of aliphatic hydroxyl groups excluding tert-OH is 1. The molecule has 0 saturated carbocycles. The molecule has 0 fully saturated rings. The second-order valence-electron chi connectivity index (χ2n) is 3.37. The molecule has 1 aromatic carbocycles. The number of halogens is 1. The predicted molar refractivity (Wildman–Crippen MR) is 56.0 cm³/mol. The van der Waals surface area contributed by atoms with E-state index >= 15 is 0 Å². The lowest BCUT2D eigenvalue weighted by Gasteiger charge is -2.22. The molecular weight excluding hydrogens is 181 g/mol. The largest absolute Gasteiger partial charge is 0.389 e. The summed E-state index contributed by atoms with van der Waals surface area (Å²) >= 11 is 0. The fraction of sp³-hybridized carbons (Fsp3) is 0.455. The number of hydrogen-bond donors (Lipinski definition) is 1. The molecule has 0 saturated heterocycles. The highest BCUT2D eigenvalue weighted by Crippen LogP contribution is 2.28. The van der Waals surface area contributed by atoms with Crippen molar-refractivity contribution in [3.05, 3.63) is 29.6 Å². The zero-order valence-electron chi connectivity index (χ0n) is 8.79.